The summed E-state index contributed by atoms with van der Waals surface area (Å²) in [6.45, 7) is 12.6. The van der Waals surface area contributed by atoms with E-state index >= 15 is 0 Å². The van der Waals surface area contributed by atoms with Gasteiger partial charge in [-0.25, -0.2) is 0 Å². The van der Waals surface area contributed by atoms with Crippen molar-refractivity contribution in [2.24, 2.45) is 11.8 Å². The topological polar surface area (TPSA) is 76.2 Å². The Balaban J connectivity index is 0.000000344. The van der Waals surface area contributed by atoms with Gasteiger partial charge in [0.05, 0.1) is 11.3 Å². The molecule has 0 aliphatic heterocycles. The Hall–Kier alpha value is -4.90. The molecule has 3 heterocycles. The third kappa shape index (κ3) is 10.4. The minimum Gasteiger partial charge on any atom is -0.512 e. The van der Waals surface area contributed by atoms with Crippen LogP contribution in [0.3, 0.4) is 0 Å². The van der Waals surface area contributed by atoms with Crippen molar-refractivity contribution >= 4 is 38.5 Å². The van der Waals surface area contributed by atoms with Crippen LogP contribution in [0.2, 0.25) is 0 Å². The molecule has 4 aromatic carbocycles. The number of carbonyl (C=O) groups is 1. The van der Waals surface area contributed by atoms with Gasteiger partial charge in [0, 0.05) is 55.8 Å². The molecule has 5 nitrogen and oxygen atoms in total. The maximum absolute atomic E-state index is 11.7. The van der Waals surface area contributed by atoms with Crippen LogP contribution in [0, 0.1) is 24.0 Å². The molecular weight excluding hydrogens is 893 g/mol. The van der Waals surface area contributed by atoms with Crippen LogP contribution in [-0.4, -0.2) is 20.9 Å². The molecule has 7 aromatic rings. The molecule has 6 heteroatoms. The number of allylic oxidation sites excluding steroid dienone is 2. The molecule has 303 valence electrons. The largest absolute Gasteiger partial charge is 0.512 e. The van der Waals surface area contributed by atoms with E-state index in [0.717, 1.165) is 101 Å². The summed E-state index contributed by atoms with van der Waals surface area (Å²) in [4.78, 5) is 21.4. The summed E-state index contributed by atoms with van der Waals surface area (Å²) in [5.41, 5.74) is 9.48. The van der Waals surface area contributed by atoms with Crippen molar-refractivity contribution in [2.45, 2.75) is 98.8 Å². The van der Waals surface area contributed by atoms with Gasteiger partial charge in [-0.15, -0.1) is 54.1 Å². The number of para-hydroxylation sites is 1. The quantitative estimate of drug-likeness (QED) is 0.0480. The molecular formula is C52H56IrN2O3-2. The number of furan rings is 1. The number of hydrogen-bond acceptors (Lipinski definition) is 5. The Bertz CT molecular complexity index is 2420. The van der Waals surface area contributed by atoms with Gasteiger partial charge in [-0.05, 0) is 102 Å². The monoisotopic (exact) mass is 949 g/mol. The molecule has 0 saturated carbocycles. The first-order valence-electron chi connectivity index (χ1n) is 20.9. The van der Waals surface area contributed by atoms with Gasteiger partial charge in [0.15, 0.2) is 5.78 Å². The third-order valence-corrected chi connectivity index (χ3v) is 11.3. The van der Waals surface area contributed by atoms with E-state index in [2.05, 4.69) is 85.7 Å². The van der Waals surface area contributed by atoms with Crippen molar-refractivity contribution in [2.75, 3.05) is 0 Å². The predicted molar refractivity (Wildman–Crippen MR) is 236 cm³/mol. The van der Waals surface area contributed by atoms with E-state index in [-0.39, 0.29) is 43.5 Å². The normalized spacial score (nSPS) is 11.7. The number of unbranched alkanes of at least 4 members (excludes halogenated alkanes) is 1. The van der Waals surface area contributed by atoms with Crippen molar-refractivity contribution in [3.63, 3.8) is 0 Å². The van der Waals surface area contributed by atoms with E-state index in [4.69, 9.17) is 9.40 Å². The third-order valence-electron chi connectivity index (χ3n) is 11.3. The Labute approximate surface area is 358 Å². The first-order chi connectivity index (χ1) is 27.8. The second-order valence-corrected chi connectivity index (χ2v) is 15.3. The van der Waals surface area contributed by atoms with E-state index < -0.39 is 0 Å². The van der Waals surface area contributed by atoms with Crippen LogP contribution in [0.4, 0.5) is 0 Å². The van der Waals surface area contributed by atoms with Crippen LogP contribution >= 0.6 is 0 Å². The molecule has 0 bridgehead atoms. The average molecular weight is 949 g/mol. The second kappa shape index (κ2) is 21.2. The first-order valence-corrected chi connectivity index (χ1v) is 20.9. The van der Waals surface area contributed by atoms with Crippen LogP contribution in [-0.2, 0) is 37.7 Å². The number of pyridine rings is 2. The zero-order valence-corrected chi connectivity index (χ0v) is 37.2. The van der Waals surface area contributed by atoms with Crippen molar-refractivity contribution in [3.05, 3.63) is 144 Å². The van der Waals surface area contributed by atoms with Gasteiger partial charge in [0.1, 0.15) is 5.58 Å². The predicted octanol–water partition coefficient (Wildman–Crippen LogP) is 14.0. The molecule has 0 aliphatic carbocycles. The number of aliphatic hydroxyl groups excluding tert-OH is 1. The number of aromatic nitrogens is 2. The number of rotatable bonds is 15. The number of benzene rings is 4. The average Bonchev–Trinajstić information content (AvgIpc) is 3.63. The molecule has 0 spiro atoms. The Morgan fingerprint density at radius 1 is 0.741 bits per heavy atom. The molecule has 7 rings (SSSR count). The molecule has 0 atom stereocenters. The molecule has 0 aliphatic rings. The molecule has 1 radical (unpaired) electrons. The zero-order chi connectivity index (χ0) is 40.3. The standard InChI is InChI=1S/C39H32N2O.C13H24O2.Ir/c1-26(2)29-20-21-32-35(23-29)30(14-7-6-11-27-19-22-36(40-24-27)28-12-4-3-5-13-28)25-41-38(32)34-17-10-16-33-31-15-8-9-18-37(31)42-39(33)34;1-5-10(6-2)12(14)9-13(15)11(7-3)8-4;/h3-5,8-10,12,15-16,18-26H,6-7,11,14H2,1-2H3;9-11,14H,5-8H2,1-4H3;/q-2;;/b;12-9-;. The van der Waals surface area contributed by atoms with Crippen LogP contribution in [0.5, 0.6) is 0 Å². The summed E-state index contributed by atoms with van der Waals surface area (Å²) in [7, 11) is 0. The number of fused-ring (bicyclic) bond motifs is 4. The SMILES string of the molecule is CC(C)c1ccc2c(-c3[c-]ccc4c3oc3ccccc34)ncc(CCCCc3ccc(-c4[c-]cccc4)nc3)c2c1.CCC(CC)C(=O)/C=C(\O)C(CC)CC.[Ir]. The molecule has 0 amide bonds. The molecule has 0 saturated heterocycles. The minimum atomic E-state index is 0. The van der Waals surface area contributed by atoms with Crippen molar-refractivity contribution < 1.29 is 34.4 Å². The molecule has 0 unspecified atom stereocenters. The minimum absolute atomic E-state index is 0. The molecule has 0 fully saturated rings. The number of aryl methyl sites for hydroxylation is 2. The maximum atomic E-state index is 11.7. The van der Waals surface area contributed by atoms with Gasteiger partial charge < -0.3 is 19.5 Å². The van der Waals surface area contributed by atoms with Gasteiger partial charge >= 0.3 is 0 Å². The zero-order valence-electron chi connectivity index (χ0n) is 34.8. The summed E-state index contributed by atoms with van der Waals surface area (Å²) in [6.07, 6.45) is 13.2. The van der Waals surface area contributed by atoms with E-state index in [9.17, 15) is 9.90 Å². The van der Waals surface area contributed by atoms with Gasteiger partial charge in [0.25, 0.3) is 0 Å². The summed E-state index contributed by atoms with van der Waals surface area (Å²) in [5.74, 6) is 0.999. The van der Waals surface area contributed by atoms with Crippen LogP contribution in [0.1, 0.15) is 103 Å². The van der Waals surface area contributed by atoms with Crippen molar-refractivity contribution in [1.82, 2.24) is 9.97 Å². The maximum Gasteiger partial charge on any atom is 0.162 e. The summed E-state index contributed by atoms with van der Waals surface area (Å²) in [5, 5.41) is 14.4. The fourth-order valence-corrected chi connectivity index (χ4v) is 7.65. The van der Waals surface area contributed by atoms with Gasteiger partial charge in [0.2, 0.25) is 0 Å². The van der Waals surface area contributed by atoms with E-state index in [1.165, 1.54) is 28.2 Å². The van der Waals surface area contributed by atoms with E-state index in [0.29, 0.717) is 5.92 Å². The molecule has 3 aromatic heterocycles. The molecule has 58 heavy (non-hydrogen) atoms. The van der Waals surface area contributed by atoms with E-state index in [1.54, 1.807) is 0 Å². The summed E-state index contributed by atoms with van der Waals surface area (Å²) < 4.78 is 6.35. The Morgan fingerprint density at radius 3 is 2.17 bits per heavy atom. The fourth-order valence-electron chi connectivity index (χ4n) is 7.65. The summed E-state index contributed by atoms with van der Waals surface area (Å²) in [6, 6.07) is 38.1. The van der Waals surface area contributed by atoms with Gasteiger partial charge in [-0.3, -0.25) is 4.79 Å². The number of nitrogens with zero attached hydrogens (tertiary/aromatic N) is 2. The van der Waals surface area contributed by atoms with Gasteiger partial charge in [-0.2, -0.15) is 0 Å². The second-order valence-electron chi connectivity index (χ2n) is 15.3. The number of ketones is 1. The van der Waals surface area contributed by atoms with E-state index in [1.807, 2.05) is 76.4 Å². The Morgan fingerprint density at radius 2 is 1.48 bits per heavy atom. The summed E-state index contributed by atoms with van der Waals surface area (Å²) >= 11 is 0. The van der Waals surface area contributed by atoms with Gasteiger partial charge in [-0.1, -0.05) is 101 Å². The molecule has 1 N–H and O–H groups in total. The van der Waals surface area contributed by atoms with Crippen molar-refractivity contribution in [3.8, 4) is 22.5 Å². The fraction of sp³-hybridized carbons (Fsp3) is 0.327. The van der Waals surface area contributed by atoms with Crippen LogP contribution < -0.4 is 0 Å². The van der Waals surface area contributed by atoms with Crippen molar-refractivity contribution in [1.29, 1.82) is 0 Å². The van der Waals surface area contributed by atoms with Crippen LogP contribution in [0.25, 0.3) is 55.2 Å². The smallest absolute Gasteiger partial charge is 0.162 e. The van der Waals surface area contributed by atoms with Crippen LogP contribution in [0.15, 0.2) is 120 Å². The number of aliphatic hydroxyl groups is 1. The first kappa shape index (κ1) is 44.2. The number of carbonyl (C=O) groups excluding carboxylic acids is 1. The Kier molecular flexibility index (Phi) is 16.2. The number of hydrogen-bond donors (Lipinski definition) is 1.